The lowest BCUT2D eigenvalue weighted by Crippen LogP contribution is -1.93. The highest BCUT2D eigenvalue weighted by Gasteiger charge is 2.10. The lowest BCUT2D eigenvalue weighted by Gasteiger charge is -2.08. The number of rotatable bonds is 1. The highest BCUT2D eigenvalue weighted by molar-refractivity contribution is 5.85. The van der Waals surface area contributed by atoms with E-state index in [0.717, 1.165) is 16.6 Å². The van der Waals surface area contributed by atoms with Gasteiger partial charge in [0.05, 0.1) is 0 Å². The third-order valence-electron chi connectivity index (χ3n) is 3.99. The number of H-pyrrole nitrogens is 1. The Morgan fingerprint density at radius 3 is 2.45 bits per heavy atom. The molecular weight excluding hydrogens is 266 g/mol. The van der Waals surface area contributed by atoms with Crippen LogP contribution in [0.3, 0.4) is 0 Å². The van der Waals surface area contributed by atoms with Crippen LogP contribution in [0.25, 0.3) is 10.9 Å². The highest BCUT2D eigenvalue weighted by atomic mass is 14.7. The van der Waals surface area contributed by atoms with E-state index in [1.807, 2.05) is 18.3 Å². The number of benzene rings is 2. The van der Waals surface area contributed by atoms with E-state index in [0.29, 0.717) is 5.92 Å². The predicted octanol–water partition coefficient (Wildman–Crippen LogP) is 4.78. The van der Waals surface area contributed by atoms with Crippen LogP contribution in [0.2, 0.25) is 0 Å². The van der Waals surface area contributed by atoms with Crippen LogP contribution in [0, 0.1) is 11.8 Å². The Balaban J connectivity index is 1.78. The van der Waals surface area contributed by atoms with Crippen LogP contribution in [0.5, 0.6) is 0 Å². The standard InChI is InChI=1S/C21H15N/c1-2-7-16(6-1)19-10-4-3-8-17(19)12-13-18-9-5-11-21-20(18)14-15-22-21/h1-11,14-16,22H. The molecule has 0 spiro atoms. The predicted molar refractivity (Wildman–Crippen MR) is 91.7 cm³/mol. The molecule has 104 valence electrons. The molecule has 0 unspecified atom stereocenters. The van der Waals surface area contributed by atoms with Crippen LogP contribution in [-0.4, -0.2) is 4.98 Å². The van der Waals surface area contributed by atoms with E-state index in [1.54, 1.807) is 0 Å². The maximum Gasteiger partial charge on any atom is 0.0466 e. The van der Waals surface area contributed by atoms with Crippen molar-refractivity contribution in [1.82, 2.24) is 4.98 Å². The van der Waals surface area contributed by atoms with E-state index in [2.05, 4.69) is 77.5 Å². The molecule has 0 fully saturated rings. The van der Waals surface area contributed by atoms with Gasteiger partial charge in [-0.3, -0.25) is 0 Å². The monoisotopic (exact) mass is 281 g/mol. The van der Waals surface area contributed by atoms with E-state index < -0.39 is 0 Å². The van der Waals surface area contributed by atoms with Crippen LogP contribution < -0.4 is 0 Å². The first-order valence-corrected chi connectivity index (χ1v) is 7.44. The number of aromatic amines is 1. The van der Waals surface area contributed by atoms with Crippen molar-refractivity contribution in [3.63, 3.8) is 0 Å². The summed E-state index contributed by atoms with van der Waals surface area (Å²) in [4.78, 5) is 3.23. The molecule has 0 radical (unpaired) electrons. The minimum atomic E-state index is 0.341. The van der Waals surface area contributed by atoms with Gasteiger partial charge in [-0.1, -0.05) is 60.4 Å². The number of fused-ring (bicyclic) bond motifs is 1. The van der Waals surface area contributed by atoms with Gasteiger partial charge in [-0.2, -0.15) is 0 Å². The zero-order valence-electron chi connectivity index (χ0n) is 12.1. The third kappa shape index (κ3) is 2.25. The van der Waals surface area contributed by atoms with Crippen LogP contribution >= 0.6 is 0 Å². The molecule has 22 heavy (non-hydrogen) atoms. The van der Waals surface area contributed by atoms with Gasteiger partial charge < -0.3 is 4.98 Å². The van der Waals surface area contributed by atoms with E-state index in [4.69, 9.17) is 0 Å². The normalized spacial score (nSPS) is 13.5. The molecule has 1 heterocycles. The van der Waals surface area contributed by atoms with E-state index in [-0.39, 0.29) is 0 Å². The summed E-state index contributed by atoms with van der Waals surface area (Å²) in [6, 6.07) is 16.6. The summed E-state index contributed by atoms with van der Waals surface area (Å²) in [5.41, 5.74) is 4.55. The number of hydrogen-bond donors (Lipinski definition) is 1. The molecule has 3 aromatic rings. The Hall–Kier alpha value is -2.98. The molecule has 1 N–H and O–H groups in total. The van der Waals surface area contributed by atoms with Gasteiger partial charge in [0.2, 0.25) is 0 Å². The van der Waals surface area contributed by atoms with Gasteiger partial charge in [0.1, 0.15) is 0 Å². The number of aromatic nitrogens is 1. The second-order valence-electron chi connectivity index (χ2n) is 5.38. The minimum absolute atomic E-state index is 0.341. The zero-order chi connectivity index (χ0) is 14.8. The smallest absolute Gasteiger partial charge is 0.0466 e. The topological polar surface area (TPSA) is 15.8 Å². The molecule has 1 heteroatoms. The first kappa shape index (κ1) is 12.7. The van der Waals surface area contributed by atoms with Gasteiger partial charge in [0.15, 0.2) is 0 Å². The second-order valence-corrected chi connectivity index (χ2v) is 5.38. The molecule has 1 aliphatic rings. The summed E-state index contributed by atoms with van der Waals surface area (Å²) in [5, 5.41) is 1.17. The number of hydrogen-bond acceptors (Lipinski definition) is 0. The Morgan fingerprint density at radius 2 is 1.55 bits per heavy atom. The van der Waals surface area contributed by atoms with Gasteiger partial charge in [0.25, 0.3) is 0 Å². The first-order chi connectivity index (χ1) is 10.9. The SMILES string of the molecule is C(#Cc1cccc2[nH]ccc12)c1ccccc1C1C=CC=C1. The fourth-order valence-corrected chi connectivity index (χ4v) is 2.87. The van der Waals surface area contributed by atoms with Crippen LogP contribution in [0.4, 0.5) is 0 Å². The average molecular weight is 281 g/mol. The van der Waals surface area contributed by atoms with Crippen molar-refractivity contribution >= 4 is 10.9 Å². The summed E-state index contributed by atoms with van der Waals surface area (Å²) in [5.74, 6) is 7.03. The fourth-order valence-electron chi connectivity index (χ4n) is 2.87. The molecule has 0 bridgehead atoms. The first-order valence-electron chi connectivity index (χ1n) is 7.44. The average Bonchev–Trinajstić information content (AvgIpc) is 3.24. The van der Waals surface area contributed by atoms with Crippen molar-refractivity contribution in [2.24, 2.45) is 0 Å². The Morgan fingerprint density at radius 1 is 0.773 bits per heavy atom. The molecule has 1 aliphatic carbocycles. The minimum Gasteiger partial charge on any atom is -0.361 e. The van der Waals surface area contributed by atoms with E-state index in [9.17, 15) is 0 Å². The second kappa shape index (κ2) is 5.42. The quantitative estimate of drug-likeness (QED) is 0.618. The summed E-state index contributed by atoms with van der Waals surface area (Å²) in [6.45, 7) is 0. The molecule has 0 saturated heterocycles. The van der Waals surface area contributed by atoms with Gasteiger partial charge in [0, 0.05) is 34.1 Å². The summed E-state index contributed by atoms with van der Waals surface area (Å²) in [7, 11) is 0. The molecular formula is C21H15N. The van der Waals surface area contributed by atoms with E-state index >= 15 is 0 Å². The molecule has 1 nitrogen and oxygen atoms in total. The van der Waals surface area contributed by atoms with Crippen molar-refractivity contribution in [3.05, 3.63) is 95.7 Å². The summed E-state index contributed by atoms with van der Waals surface area (Å²) >= 11 is 0. The Kier molecular flexibility index (Phi) is 3.14. The molecule has 0 saturated carbocycles. The molecule has 0 atom stereocenters. The van der Waals surface area contributed by atoms with Gasteiger partial charge in [-0.15, -0.1) is 0 Å². The maximum absolute atomic E-state index is 3.36. The largest absolute Gasteiger partial charge is 0.361 e. The molecule has 1 aromatic heterocycles. The lowest BCUT2D eigenvalue weighted by molar-refractivity contribution is 1.10. The van der Waals surface area contributed by atoms with Gasteiger partial charge in [-0.25, -0.2) is 0 Å². The zero-order valence-corrected chi connectivity index (χ0v) is 12.1. The van der Waals surface area contributed by atoms with Crippen LogP contribution in [0.1, 0.15) is 22.6 Å². The Labute approximate surface area is 130 Å². The van der Waals surface area contributed by atoms with Gasteiger partial charge in [-0.05, 0) is 29.8 Å². The third-order valence-corrected chi connectivity index (χ3v) is 3.99. The van der Waals surface area contributed by atoms with Crippen molar-refractivity contribution in [1.29, 1.82) is 0 Å². The summed E-state index contributed by atoms with van der Waals surface area (Å²) in [6.07, 6.45) is 10.5. The van der Waals surface area contributed by atoms with Crippen molar-refractivity contribution in [3.8, 4) is 11.8 Å². The fraction of sp³-hybridized carbons (Fsp3) is 0.0476. The maximum atomic E-state index is 3.36. The van der Waals surface area contributed by atoms with Crippen LogP contribution in [-0.2, 0) is 0 Å². The van der Waals surface area contributed by atoms with Gasteiger partial charge >= 0.3 is 0 Å². The molecule has 4 rings (SSSR count). The highest BCUT2D eigenvalue weighted by Crippen LogP contribution is 2.25. The molecule has 2 aromatic carbocycles. The van der Waals surface area contributed by atoms with E-state index in [1.165, 1.54) is 10.9 Å². The van der Waals surface area contributed by atoms with Crippen LogP contribution in [0.15, 0.2) is 79.0 Å². The molecule has 0 amide bonds. The van der Waals surface area contributed by atoms with Crippen molar-refractivity contribution < 1.29 is 0 Å². The lowest BCUT2D eigenvalue weighted by atomic mass is 9.95. The molecule has 0 aliphatic heterocycles. The Bertz CT molecular complexity index is 932. The summed E-state index contributed by atoms with van der Waals surface area (Å²) < 4.78 is 0. The van der Waals surface area contributed by atoms with Crippen molar-refractivity contribution in [2.45, 2.75) is 5.92 Å². The van der Waals surface area contributed by atoms with Crippen molar-refractivity contribution in [2.75, 3.05) is 0 Å². The number of nitrogens with one attached hydrogen (secondary N) is 1. The number of allylic oxidation sites excluding steroid dienone is 4.